The van der Waals surface area contributed by atoms with Crippen molar-refractivity contribution in [2.75, 3.05) is 5.32 Å². The van der Waals surface area contributed by atoms with Crippen molar-refractivity contribution >= 4 is 23.4 Å². The average molecular weight is 335 g/mol. The van der Waals surface area contributed by atoms with Crippen LogP contribution in [0.2, 0.25) is 0 Å². The number of anilines is 1. The molecule has 124 valence electrons. The number of carbonyl (C=O) groups is 1. The summed E-state index contributed by atoms with van der Waals surface area (Å²) < 4.78 is 5.22. The smallest absolute Gasteiger partial charge is 0.270 e. The van der Waals surface area contributed by atoms with E-state index < -0.39 is 4.92 Å². The molecule has 0 saturated carbocycles. The van der Waals surface area contributed by atoms with Gasteiger partial charge in [0, 0.05) is 29.5 Å². The summed E-state index contributed by atoms with van der Waals surface area (Å²) in [6, 6.07) is 13.2. The Balaban J connectivity index is 1.69. The van der Waals surface area contributed by atoms with Crippen molar-refractivity contribution in [2.45, 2.75) is 0 Å². The number of nitro groups is 1. The number of hydrogen-bond acceptors (Lipinski definition) is 5. The van der Waals surface area contributed by atoms with E-state index in [9.17, 15) is 14.9 Å². The zero-order valence-corrected chi connectivity index (χ0v) is 13.0. The molecule has 1 amide bonds. The van der Waals surface area contributed by atoms with Crippen LogP contribution in [0, 0.1) is 10.1 Å². The highest BCUT2D eigenvalue weighted by molar-refractivity contribution is 6.02. The number of nitrogens with zero attached hydrogens (tertiary/aromatic N) is 2. The second kappa shape index (κ2) is 7.22. The minimum absolute atomic E-state index is 0.0256. The Labute approximate surface area is 142 Å². The quantitative estimate of drug-likeness (QED) is 0.433. The summed E-state index contributed by atoms with van der Waals surface area (Å²) in [4.78, 5) is 26.2. The molecular formula is C18H13N3O4. The highest BCUT2D eigenvalue weighted by Gasteiger charge is 2.05. The molecule has 25 heavy (non-hydrogen) atoms. The molecule has 7 nitrogen and oxygen atoms in total. The number of non-ortho nitro benzene ring substituents is 1. The minimum atomic E-state index is -0.480. The third kappa shape index (κ3) is 4.17. The van der Waals surface area contributed by atoms with Gasteiger partial charge in [-0.15, -0.1) is 0 Å². The van der Waals surface area contributed by atoms with Gasteiger partial charge in [-0.05, 0) is 23.8 Å². The molecule has 0 fully saturated rings. The summed E-state index contributed by atoms with van der Waals surface area (Å²) in [5.74, 6) is 0.254. The van der Waals surface area contributed by atoms with Crippen LogP contribution in [0.3, 0.4) is 0 Å². The molecule has 0 bridgehead atoms. The number of hydrogen-bond donors (Lipinski definition) is 1. The van der Waals surface area contributed by atoms with E-state index in [1.54, 1.807) is 36.5 Å². The number of amides is 1. The van der Waals surface area contributed by atoms with Gasteiger partial charge >= 0.3 is 0 Å². The molecule has 3 aromatic rings. The van der Waals surface area contributed by atoms with Crippen molar-refractivity contribution in [1.82, 2.24) is 4.98 Å². The molecule has 3 rings (SSSR count). The first-order chi connectivity index (χ1) is 12.1. The van der Waals surface area contributed by atoms with Gasteiger partial charge in [0.15, 0.2) is 12.2 Å². The first kappa shape index (κ1) is 16.1. The molecule has 0 saturated heterocycles. The largest absolute Gasteiger partial charge is 0.444 e. The van der Waals surface area contributed by atoms with Gasteiger partial charge in [0.1, 0.15) is 0 Å². The number of oxazole rings is 1. The number of nitrogens with one attached hydrogen (secondary N) is 1. The maximum atomic E-state index is 12.0. The fourth-order valence-electron chi connectivity index (χ4n) is 2.21. The summed E-state index contributed by atoms with van der Waals surface area (Å²) in [7, 11) is 0. The number of benzene rings is 2. The van der Waals surface area contributed by atoms with E-state index in [2.05, 4.69) is 10.3 Å². The minimum Gasteiger partial charge on any atom is -0.444 e. The molecular weight excluding hydrogens is 322 g/mol. The average Bonchev–Trinajstić information content (AvgIpc) is 3.15. The lowest BCUT2D eigenvalue weighted by Crippen LogP contribution is -2.07. The number of aromatic nitrogens is 1. The molecule has 0 aliphatic carbocycles. The Morgan fingerprint density at radius 1 is 1.20 bits per heavy atom. The van der Waals surface area contributed by atoms with Crippen molar-refractivity contribution in [3.05, 3.63) is 82.9 Å². The molecule has 7 heteroatoms. The van der Waals surface area contributed by atoms with E-state index in [0.717, 1.165) is 5.56 Å². The van der Waals surface area contributed by atoms with Crippen LogP contribution in [0.1, 0.15) is 5.56 Å². The van der Waals surface area contributed by atoms with Crippen molar-refractivity contribution < 1.29 is 14.1 Å². The first-order valence-corrected chi connectivity index (χ1v) is 7.34. The van der Waals surface area contributed by atoms with Crippen molar-refractivity contribution in [2.24, 2.45) is 0 Å². The molecule has 0 aliphatic rings. The van der Waals surface area contributed by atoms with E-state index in [4.69, 9.17) is 4.42 Å². The van der Waals surface area contributed by atoms with E-state index in [-0.39, 0.29) is 11.6 Å². The molecule has 0 unspecified atom stereocenters. The number of rotatable bonds is 5. The van der Waals surface area contributed by atoms with Gasteiger partial charge in [0.05, 0.1) is 11.1 Å². The van der Waals surface area contributed by atoms with Crippen LogP contribution in [-0.4, -0.2) is 15.8 Å². The Morgan fingerprint density at radius 2 is 2.04 bits per heavy atom. The summed E-state index contributed by atoms with van der Waals surface area (Å²) >= 11 is 0. The van der Waals surface area contributed by atoms with E-state index in [0.29, 0.717) is 17.0 Å². The number of carbonyl (C=O) groups excluding carboxylic acids is 1. The Hall–Kier alpha value is -3.74. The van der Waals surface area contributed by atoms with Crippen LogP contribution in [0.15, 0.2) is 71.6 Å². The lowest BCUT2D eigenvalue weighted by molar-refractivity contribution is -0.384. The van der Waals surface area contributed by atoms with Gasteiger partial charge in [0.2, 0.25) is 5.91 Å². The van der Waals surface area contributed by atoms with E-state index in [1.807, 2.05) is 6.07 Å². The van der Waals surface area contributed by atoms with Gasteiger partial charge in [-0.1, -0.05) is 24.3 Å². The first-order valence-electron chi connectivity index (χ1n) is 7.34. The molecule has 2 aromatic carbocycles. The molecule has 0 spiro atoms. The van der Waals surface area contributed by atoms with Gasteiger partial charge < -0.3 is 9.73 Å². The van der Waals surface area contributed by atoms with Gasteiger partial charge in [-0.25, -0.2) is 4.98 Å². The zero-order valence-electron chi connectivity index (χ0n) is 13.0. The Bertz CT molecular complexity index is 933. The molecule has 1 aromatic heterocycles. The molecule has 1 N–H and O–H groups in total. The standard InChI is InChI=1S/C18H13N3O4/c22-18(8-7-13-3-1-6-16(9-13)21(23)24)20-15-5-2-4-14(10-15)17-11-19-12-25-17/h1-12H,(H,20,22)/b8-7+. The summed E-state index contributed by atoms with van der Waals surface area (Å²) in [6.07, 6.45) is 5.76. The molecule has 1 heterocycles. The third-order valence-corrected chi connectivity index (χ3v) is 3.36. The fourth-order valence-corrected chi connectivity index (χ4v) is 2.21. The topological polar surface area (TPSA) is 98.3 Å². The molecule has 0 atom stereocenters. The lowest BCUT2D eigenvalue weighted by atomic mass is 10.1. The Morgan fingerprint density at radius 3 is 2.80 bits per heavy atom. The highest BCUT2D eigenvalue weighted by Crippen LogP contribution is 2.22. The summed E-state index contributed by atoms with van der Waals surface area (Å²) in [5.41, 5.74) is 1.93. The maximum absolute atomic E-state index is 12.0. The number of nitro benzene ring substituents is 1. The van der Waals surface area contributed by atoms with Crippen LogP contribution in [0.5, 0.6) is 0 Å². The third-order valence-electron chi connectivity index (χ3n) is 3.36. The maximum Gasteiger partial charge on any atom is 0.270 e. The van der Waals surface area contributed by atoms with Crippen LogP contribution in [-0.2, 0) is 4.79 Å². The van der Waals surface area contributed by atoms with E-state index >= 15 is 0 Å². The van der Waals surface area contributed by atoms with Gasteiger partial charge in [0.25, 0.3) is 5.69 Å². The normalized spacial score (nSPS) is 10.7. The molecule has 0 aliphatic heterocycles. The highest BCUT2D eigenvalue weighted by atomic mass is 16.6. The zero-order chi connectivity index (χ0) is 17.6. The summed E-state index contributed by atoms with van der Waals surface area (Å²) in [5, 5.41) is 13.5. The SMILES string of the molecule is O=C(/C=C/c1cccc([N+](=O)[O-])c1)Nc1cccc(-c2cnco2)c1. The van der Waals surface area contributed by atoms with Gasteiger partial charge in [-0.2, -0.15) is 0 Å². The van der Waals surface area contributed by atoms with Crippen molar-refractivity contribution in [3.8, 4) is 11.3 Å². The lowest BCUT2D eigenvalue weighted by Gasteiger charge is -2.04. The second-order valence-corrected chi connectivity index (χ2v) is 5.12. The fraction of sp³-hybridized carbons (Fsp3) is 0. The van der Waals surface area contributed by atoms with Crippen molar-refractivity contribution in [1.29, 1.82) is 0 Å². The van der Waals surface area contributed by atoms with Crippen LogP contribution in [0.4, 0.5) is 11.4 Å². The monoisotopic (exact) mass is 335 g/mol. The Kier molecular flexibility index (Phi) is 4.66. The molecule has 0 radical (unpaired) electrons. The van der Waals surface area contributed by atoms with Crippen LogP contribution < -0.4 is 5.32 Å². The van der Waals surface area contributed by atoms with E-state index in [1.165, 1.54) is 30.7 Å². The van der Waals surface area contributed by atoms with Crippen LogP contribution in [0.25, 0.3) is 17.4 Å². The predicted octanol–water partition coefficient (Wildman–Crippen LogP) is 3.90. The van der Waals surface area contributed by atoms with Gasteiger partial charge in [-0.3, -0.25) is 14.9 Å². The summed E-state index contributed by atoms with van der Waals surface area (Å²) in [6.45, 7) is 0. The predicted molar refractivity (Wildman–Crippen MR) is 92.7 cm³/mol. The van der Waals surface area contributed by atoms with Crippen molar-refractivity contribution in [3.63, 3.8) is 0 Å². The van der Waals surface area contributed by atoms with Crippen LogP contribution >= 0.6 is 0 Å². The second-order valence-electron chi connectivity index (χ2n) is 5.12.